The minimum Gasteiger partial charge on any atom is -0.493 e. The third-order valence-electron chi connectivity index (χ3n) is 5.87. The van der Waals surface area contributed by atoms with Gasteiger partial charge in [0, 0.05) is 32.5 Å². The van der Waals surface area contributed by atoms with E-state index < -0.39 is 17.7 Å². The number of halogens is 3. The Hall–Kier alpha value is -3.23. The van der Waals surface area contributed by atoms with Crippen molar-refractivity contribution in [1.82, 2.24) is 10.2 Å². The summed E-state index contributed by atoms with van der Waals surface area (Å²) in [5, 5.41) is 2.73. The van der Waals surface area contributed by atoms with Gasteiger partial charge in [0.15, 0.2) is 11.5 Å². The monoisotopic (exact) mass is 464 g/mol. The van der Waals surface area contributed by atoms with Gasteiger partial charge in [0.25, 0.3) is 0 Å². The molecule has 9 heteroatoms. The van der Waals surface area contributed by atoms with Crippen LogP contribution in [0.3, 0.4) is 0 Å². The van der Waals surface area contributed by atoms with Crippen LogP contribution in [0.25, 0.3) is 0 Å². The number of nitrogens with one attached hydrogen (secondary N) is 1. The van der Waals surface area contributed by atoms with Crippen molar-refractivity contribution < 1.29 is 32.2 Å². The van der Waals surface area contributed by atoms with E-state index in [4.69, 9.17) is 9.47 Å². The number of carbonyl (C=O) groups is 2. The Balaban J connectivity index is 1.74. The molecular weight excluding hydrogens is 437 g/mol. The molecule has 0 aromatic heterocycles. The first-order valence-corrected chi connectivity index (χ1v) is 10.5. The Morgan fingerprint density at radius 3 is 2.42 bits per heavy atom. The van der Waals surface area contributed by atoms with Crippen molar-refractivity contribution in [3.05, 3.63) is 59.2 Å². The molecule has 0 unspecified atom stereocenters. The highest BCUT2D eigenvalue weighted by molar-refractivity contribution is 5.81. The molecule has 0 spiro atoms. The second-order valence-electron chi connectivity index (χ2n) is 8.08. The van der Waals surface area contributed by atoms with Crippen molar-refractivity contribution in [2.45, 2.75) is 32.0 Å². The van der Waals surface area contributed by atoms with E-state index >= 15 is 0 Å². The molecule has 2 atom stereocenters. The first-order chi connectivity index (χ1) is 15.6. The molecule has 33 heavy (non-hydrogen) atoms. The lowest BCUT2D eigenvalue weighted by Gasteiger charge is -2.37. The molecule has 1 heterocycles. The van der Waals surface area contributed by atoms with Crippen molar-refractivity contribution in [2.24, 2.45) is 5.92 Å². The van der Waals surface area contributed by atoms with Crippen molar-refractivity contribution in [1.29, 1.82) is 0 Å². The topological polar surface area (TPSA) is 67.9 Å². The van der Waals surface area contributed by atoms with Crippen LogP contribution < -0.4 is 14.8 Å². The number of piperidine rings is 1. The molecule has 1 aliphatic heterocycles. The summed E-state index contributed by atoms with van der Waals surface area (Å²) >= 11 is 0. The summed E-state index contributed by atoms with van der Waals surface area (Å²) in [4.78, 5) is 26.7. The fourth-order valence-electron chi connectivity index (χ4n) is 4.09. The summed E-state index contributed by atoms with van der Waals surface area (Å²) in [5.41, 5.74) is 0.506. The van der Waals surface area contributed by atoms with E-state index in [1.54, 1.807) is 18.1 Å². The minimum atomic E-state index is -4.45. The fourth-order valence-corrected chi connectivity index (χ4v) is 4.09. The maximum absolute atomic E-state index is 12.9. The van der Waals surface area contributed by atoms with E-state index in [1.807, 2.05) is 12.1 Å². The van der Waals surface area contributed by atoms with Crippen molar-refractivity contribution in [2.75, 3.05) is 27.3 Å². The van der Waals surface area contributed by atoms with Gasteiger partial charge in [-0.15, -0.1) is 0 Å². The zero-order valence-corrected chi connectivity index (χ0v) is 18.7. The van der Waals surface area contributed by atoms with Crippen LogP contribution in [-0.2, 0) is 22.3 Å². The molecule has 0 bridgehead atoms. The Bertz CT molecular complexity index is 1010. The van der Waals surface area contributed by atoms with E-state index in [0.717, 1.165) is 17.7 Å². The summed E-state index contributed by atoms with van der Waals surface area (Å²) in [6.45, 7) is 2.14. The Labute approximate surface area is 190 Å². The van der Waals surface area contributed by atoms with Gasteiger partial charge in [0.2, 0.25) is 11.8 Å². The second kappa shape index (κ2) is 10.1. The van der Waals surface area contributed by atoms with E-state index in [2.05, 4.69) is 5.32 Å². The predicted octanol–water partition coefficient (Wildman–Crippen LogP) is 3.99. The second-order valence-corrected chi connectivity index (χ2v) is 8.08. The number of benzene rings is 2. The number of nitrogens with zero attached hydrogens (tertiary/aromatic N) is 1. The quantitative estimate of drug-likeness (QED) is 0.702. The minimum absolute atomic E-state index is 0.0274. The number of hydrogen-bond donors (Lipinski definition) is 1. The zero-order valence-electron chi connectivity index (χ0n) is 18.7. The third-order valence-corrected chi connectivity index (χ3v) is 5.87. The molecular formula is C24H27F3N2O4. The summed E-state index contributed by atoms with van der Waals surface area (Å²) in [5.74, 6) is 0.0920. The number of hydrogen-bond acceptors (Lipinski definition) is 4. The Morgan fingerprint density at radius 2 is 1.79 bits per heavy atom. The van der Waals surface area contributed by atoms with Gasteiger partial charge in [-0.3, -0.25) is 9.59 Å². The van der Waals surface area contributed by atoms with Gasteiger partial charge < -0.3 is 19.7 Å². The Kier molecular flexibility index (Phi) is 7.50. The molecule has 2 amide bonds. The molecule has 1 saturated heterocycles. The number of alkyl halides is 3. The first kappa shape index (κ1) is 24.4. The molecule has 0 radical (unpaired) electrons. The summed E-state index contributed by atoms with van der Waals surface area (Å²) in [6, 6.07) is 10.4. The lowest BCUT2D eigenvalue weighted by atomic mass is 9.83. The molecule has 2 aromatic carbocycles. The van der Waals surface area contributed by atoms with Gasteiger partial charge in [-0.05, 0) is 41.8 Å². The van der Waals surface area contributed by atoms with E-state index in [0.29, 0.717) is 30.0 Å². The first-order valence-electron chi connectivity index (χ1n) is 10.5. The molecule has 0 aliphatic carbocycles. The average Bonchev–Trinajstić information content (AvgIpc) is 2.81. The fraction of sp³-hybridized carbons (Fsp3) is 0.417. The van der Waals surface area contributed by atoms with Crippen LogP contribution in [0.2, 0.25) is 0 Å². The third kappa shape index (κ3) is 5.97. The molecule has 1 N–H and O–H groups in total. The lowest BCUT2D eigenvalue weighted by Crippen LogP contribution is -2.47. The maximum Gasteiger partial charge on any atom is 0.416 e. The summed E-state index contributed by atoms with van der Waals surface area (Å²) in [6.07, 6.45) is -3.95. The van der Waals surface area contributed by atoms with Gasteiger partial charge in [-0.2, -0.15) is 13.2 Å². The van der Waals surface area contributed by atoms with Gasteiger partial charge in [0.05, 0.1) is 25.7 Å². The van der Waals surface area contributed by atoms with Crippen molar-refractivity contribution in [3.63, 3.8) is 0 Å². The average molecular weight is 464 g/mol. The smallest absolute Gasteiger partial charge is 0.416 e. The number of carbonyl (C=O) groups excluding carboxylic acids is 2. The van der Waals surface area contributed by atoms with Gasteiger partial charge >= 0.3 is 6.18 Å². The molecule has 1 aliphatic rings. The summed E-state index contributed by atoms with van der Waals surface area (Å²) < 4.78 is 49.5. The number of methoxy groups -OCH3 is 2. The largest absolute Gasteiger partial charge is 0.493 e. The summed E-state index contributed by atoms with van der Waals surface area (Å²) in [7, 11) is 3.08. The van der Waals surface area contributed by atoms with Gasteiger partial charge in [-0.25, -0.2) is 0 Å². The van der Waals surface area contributed by atoms with Crippen LogP contribution in [0.15, 0.2) is 42.5 Å². The van der Waals surface area contributed by atoms with E-state index in [9.17, 15) is 22.8 Å². The molecule has 6 nitrogen and oxygen atoms in total. The van der Waals surface area contributed by atoms with Crippen LogP contribution in [0.4, 0.5) is 13.2 Å². The number of rotatable bonds is 6. The standard InChI is InChI=1S/C24H27F3N2O4/c1-15(30)29-13-18(17-7-8-21(32-2)22(11-17)33-3)10-19(14-29)23(31)28-12-16-5-4-6-20(9-16)24(25,26)27/h4-9,11,18-19H,10,12-14H2,1-3H3,(H,28,31)/t18-,19+/m0/s1. The number of amides is 2. The molecule has 178 valence electrons. The van der Waals surface area contributed by atoms with Crippen molar-refractivity contribution >= 4 is 11.8 Å². The maximum atomic E-state index is 12.9. The van der Waals surface area contributed by atoms with Crippen LogP contribution >= 0.6 is 0 Å². The predicted molar refractivity (Wildman–Crippen MR) is 116 cm³/mol. The zero-order chi connectivity index (χ0) is 24.2. The normalized spacial score (nSPS) is 18.5. The van der Waals surface area contributed by atoms with Crippen LogP contribution in [-0.4, -0.2) is 44.0 Å². The molecule has 1 fully saturated rings. The molecule has 2 aromatic rings. The highest BCUT2D eigenvalue weighted by atomic mass is 19.4. The van der Waals surface area contributed by atoms with E-state index in [-0.39, 0.29) is 30.8 Å². The molecule has 0 saturated carbocycles. The lowest BCUT2D eigenvalue weighted by molar-refractivity contribution is -0.137. The van der Waals surface area contributed by atoms with E-state index in [1.165, 1.54) is 26.2 Å². The number of likely N-dealkylation sites (tertiary alicyclic amines) is 1. The molecule has 3 rings (SSSR count). The van der Waals surface area contributed by atoms with Gasteiger partial charge in [0.1, 0.15) is 0 Å². The SMILES string of the molecule is COc1ccc([C@H]2C[C@@H](C(=O)NCc3cccc(C(F)(F)F)c3)CN(C(C)=O)C2)cc1OC. The van der Waals surface area contributed by atoms with Gasteiger partial charge in [-0.1, -0.05) is 18.2 Å². The highest BCUT2D eigenvalue weighted by Crippen LogP contribution is 2.36. The van der Waals surface area contributed by atoms with Crippen LogP contribution in [0.1, 0.15) is 36.0 Å². The van der Waals surface area contributed by atoms with Crippen molar-refractivity contribution in [3.8, 4) is 11.5 Å². The van der Waals surface area contributed by atoms with Crippen LogP contribution in [0.5, 0.6) is 11.5 Å². The van der Waals surface area contributed by atoms with Crippen LogP contribution in [0, 0.1) is 5.92 Å². The Morgan fingerprint density at radius 1 is 1.06 bits per heavy atom. The highest BCUT2D eigenvalue weighted by Gasteiger charge is 2.34. The number of ether oxygens (including phenoxy) is 2.